The predicted octanol–water partition coefficient (Wildman–Crippen LogP) is 3.95. The smallest absolute Gasteiger partial charge is 0.338 e. The molecule has 0 aromatic heterocycles. The Hall–Kier alpha value is -2.35. The standard InChI is InChI=1S/C17H16O2/c1-14(15-8-4-2-5-9-15)12-13-19-17(18)16-10-6-3-7-11-16/h2-12H,13H2,1H3/b14-12+. The fraction of sp³-hybridized carbons (Fsp3) is 0.118. The van der Waals surface area contributed by atoms with E-state index >= 15 is 0 Å². The molecule has 2 aromatic rings. The van der Waals surface area contributed by atoms with Gasteiger partial charge in [0.2, 0.25) is 0 Å². The molecule has 0 spiro atoms. The molecule has 0 bridgehead atoms. The van der Waals surface area contributed by atoms with Crippen molar-refractivity contribution in [3.63, 3.8) is 0 Å². The third kappa shape index (κ3) is 3.81. The first-order valence-corrected chi connectivity index (χ1v) is 6.22. The van der Waals surface area contributed by atoms with Crippen LogP contribution in [0.25, 0.3) is 5.57 Å². The highest BCUT2D eigenvalue weighted by Gasteiger charge is 2.04. The number of allylic oxidation sites excluding steroid dienone is 1. The number of hydrogen-bond donors (Lipinski definition) is 0. The molecule has 2 nitrogen and oxygen atoms in total. The predicted molar refractivity (Wildman–Crippen MR) is 76.8 cm³/mol. The quantitative estimate of drug-likeness (QED) is 0.770. The van der Waals surface area contributed by atoms with Crippen molar-refractivity contribution in [2.24, 2.45) is 0 Å². The second-order valence-electron chi connectivity index (χ2n) is 4.22. The summed E-state index contributed by atoms with van der Waals surface area (Å²) in [5, 5.41) is 0. The number of esters is 1. The lowest BCUT2D eigenvalue weighted by atomic mass is 10.1. The van der Waals surface area contributed by atoms with Crippen LogP contribution < -0.4 is 0 Å². The number of carbonyl (C=O) groups excluding carboxylic acids is 1. The van der Waals surface area contributed by atoms with Crippen LogP contribution in [0.2, 0.25) is 0 Å². The largest absolute Gasteiger partial charge is 0.458 e. The van der Waals surface area contributed by atoms with Crippen LogP contribution in [0.15, 0.2) is 66.7 Å². The van der Waals surface area contributed by atoms with Crippen LogP contribution in [0.5, 0.6) is 0 Å². The Morgan fingerprint density at radius 2 is 1.47 bits per heavy atom. The zero-order valence-electron chi connectivity index (χ0n) is 10.9. The van der Waals surface area contributed by atoms with Gasteiger partial charge in [0.15, 0.2) is 0 Å². The van der Waals surface area contributed by atoms with Crippen molar-refractivity contribution in [3.05, 3.63) is 77.9 Å². The average Bonchev–Trinajstić information content (AvgIpc) is 2.49. The van der Waals surface area contributed by atoms with Crippen molar-refractivity contribution in [3.8, 4) is 0 Å². The minimum Gasteiger partial charge on any atom is -0.458 e. The van der Waals surface area contributed by atoms with E-state index < -0.39 is 0 Å². The maximum absolute atomic E-state index is 11.7. The third-order valence-corrected chi connectivity index (χ3v) is 2.84. The molecule has 2 rings (SSSR count). The first-order valence-electron chi connectivity index (χ1n) is 6.22. The van der Waals surface area contributed by atoms with Gasteiger partial charge in [-0.05, 0) is 36.3 Å². The van der Waals surface area contributed by atoms with Gasteiger partial charge in [0.1, 0.15) is 6.61 Å². The molecule has 0 saturated heterocycles. The van der Waals surface area contributed by atoms with E-state index in [0.717, 1.165) is 11.1 Å². The van der Waals surface area contributed by atoms with E-state index in [1.807, 2.05) is 61.5 Å². The Bertz CT molecular complexity index is 556. The Balaban J connectivity index is 1.92. The monoisotopic (exact) mass is 252 g/mol. The molecular weight excluding hydrogens is 236 g/mol. The summed E-state index contributed by atoms with van der Waals surface area (Å²) in [6.45, 7) is 2.29. The molecule has 0 fully saturated rings. The van der Waals surface area contributed by atoms with Crippen molar-refractivity contribution >= 4 is 11.5 Å². The summed E-state index contributed by atoms with van der Waals surface area (Å²) < 4.78 is 5.20. The first kappa shape index (κ1) is 13.1. The van der Waals surface area contributed by atoms with Crippen molar-refractivity contribution in [1.29, 1.82) is 0 Å². The highest BCUT2D eigenvalue weighted by Crippen LogP contribution is 2.12. The molecule has 0 heterocycles. The minimum absolute atomic E-state index is 0.286. The fourth-order valence-corrected chi connectivity index (χ4v) is 1.72. The van der Waals surface area contributed by atoms with Crippen LogP contribution in [-0.2, 0) is 4.74 Å². The van der Waals surface area contributed by atoms with Crippen molar-refractivity contribution in [2.75, 3.05) is 6.61 Å². The Morgan fingerprint density at radius 1 is 0.947 bits per heavy atom. The van der Waals surface area contributed by atoms with E-state index in [2.05, 4.69) is 0 Å². The first-order chi connectivity index (χ1) is 9.27. The fourth-order valence-electron chi connectivity index (χ4n) is 1.72. The molecule has 0 aliphatic heterocycles. The molecule has 19 heavy (non-hydrogen) atoms. The molecule has 0 radical (unpaired) electrons. The van der Waals surface area contributed by atoms with Gasteiger partial charge >= 0.3 is 5.97 Å². The molecule has 0 aliphatic rings. The van der Waals surface area contributed by atoms with Gasteiger partial charge in [-0.25, -0.2) is 4.79 Å². The van der Waals surface area contributed by atoms with Crippen LogP contribution in [0.3, 0.4) is 0 Å². The van der Waals surface area contributed by atoms with E-state index in [1.54, 1.807) is 12.1 Å². The molecule has 0 amide bonds. The maximum atomic E-state index is 11.7. The highest BCUT2D eigenvalue weighted by molar-refractivity contribution is 5.89. The second kappa shape index (κ2) is 6.55. The lowest BCUT2D eigenvalue weighted by Crippen LogP contribution is -2.04. The lowest BCUT2D eigenvalue weighted by molar-refractivity contribution is 0.0550. The van der Waals surface area contributed by atoms with Crippen LogP contribution in [0, 0.1) is 0 Å². The second-order valence-corrected chi connectivity index (χ2v) is 4.22. The number of rotatable bonds is 4. The molecule has 0 aliphatic carbocycles. The summed E-state index contributed by atoms with van der Waals surface area (Å²) >= 11 is 0. The molecule has 0 N–H and O–H groups in total. The minimum atomic E-state index is -0.294. The van der Waals surface area contributed by atoms with Gasteiger partial charge in [0, 0.05) is 0 Å². The van der Waals surface area contributed by atoms with Gasteiger partial charge in [0.05, 0.1) is 5.56 Å². The molecule has 96 valence electrons. The van der Waals surface area contributed by atoms with E-state index in [4.69, 9.17) is 4.74 Å². The van der Waals surface area contributed by atoms with E-state index in [0.29, 0.717) is 5.56 Å². The van der Waals surface area contributed by atoms with Gasteiger partial charge in [-0.3, -0.25) is 0 Å². The van der Waals surface area contributed by atoms with Crippen molar-refractivity contribution < 1.29 is 9.53 Å². The number of carbonyl (C=O) groups is 1. The average molecular weight is 252 g/mol. The van der Waals surface area contributed by atoms with Gasteiger partial charge in [-0.15, -0.1) is 0 Å². The Morgan fingerprint density at radius 3 is 2.05 bits per heavy atom. The molecule has 0 saturated carbocycles. The van der Waals surface area contributed by atoms with Gasteiger partial charge in [0.25, 0.3) is 0 Å². The van der Waals surface area contributed by atoms with Crippen molar-refractivity contribution in [2.45, 2.75) is 6.92 Å². The normalized spacial score (nSPS) is 11.1. The van der Waals surface area contributed by atoms with Gasteiger partial charge in [-0.1, -0.05) is 48.5 Å². The summed E-state index contributed by atoms with van der Waals surface area (Å²) in [6.07, 6.45) is 1.91. The van der Waals surface area contributed by atoms with E-state index in [-0.39, 0.29) is 12.6 Å². The van der Waals surface area contributed by atoms with E-state index in [9.17, 15) is 4.79 Å². The van der Waals surface area contributed by atoms with Crippen molar-refractivity contribution in [1.82, 2.24) is 0 Å². The summed E-state index contributed by atoms with van der Waals surface area (Å²) in [5.41, 5.74) is 2.81. The van der Waals surface area contributed by atoms with Crippen LogP contribution in [0.1, 0.15) is 22.8 Å². The lowest BCUT2D eigenvalue weighted by Gasteiger charge is -2.04. The summed E-state index contributed by atoms with van der Waals surface area (Å²) in [6, 6.07) is 19.0. The van der Waals surface area contributed by atoms with Crippen LogP contribution in [-0.4, -0.2) is 12.6 Å². The van der Waals surface area contributed by atoms with E-state index in [1.165, 1.54) is 0 Å². The van der Waals surface area contributed by atoms with Crippen LogP contribution >= 0.6 is 0 Å². The SMILES string of the molecule is C/C(=C\COC(=O)c1ccccc1)c1ccccc1. The summed E-state index contributed by atoms with van der Waals surface area (Å²) in [5.74, 6) is -0.294. The number of hydrogen-bond acceptors (Lipinski definition) is 2. The van der Waals surface area contributed by atoms with Gasteiger partial charge in [-0.2, -0.15) is 0 Å². The highest BCUT2D eigenvalue weighted by atomic mass is 16.5. The molecule has 2 heteroatoms. The molecule has 0 atom stereocenters. The maximum Gasteiger partial charge on any atom is 0.338 e. The number of benzene rings is 2. The molecular formula is C17H16O2. The van der Waals surface area contributed by atoms with Gasteiger partial charge < -0.3 is 4.74 Å². The number of ether oxygens (including phenoxy) is 1. The molecule has 0 unspecified atom stereocenters. The zero-order valence-corrected chi connectivity index (χ0v) is 10.9. The Kier molecular flexibility index (Phi) is 4.51. The molecule has 2 aromatic carbocycles. The Labute approximate surface area is 113 Å². The summed E-state index contributed by atoms with van der Waals surface area (Å²) in [7, 11) is 0. The zero-order chi connectivity index (χ0) is 13.5. The summed E-state index contributed by atoms with van der Waals surface area (Å²) in [4.78, 5) is 11.7. The third-order valence-electron chi connectivity index (χ3n) is 2.84. The van der Waals surface area contributed by atoms with Crippen LogP contribution in [0.4, 0.5) is 0 Å². The topological polar surface area (TPSA) is 26.3 Å².